The van der Waals surface area contributed by atoms with Gasteiger partial charge in [-0.05, 0) is 25.1 Å². The van der Waals surface area contributed by atoms with Crippen molar-refractivity contribution in [2.45, 2.75) is 17.1 Å². The van der Waals surface area contributed by atoms with Crippen molar-refractivity contribution in [1.29, 1.82) is 0 Å². The maximum Gasteiger partial charge on any atom is 0.318 e. The van der Waals surface area contributed by atoms with Crippen LogP contribution in [0.5, 0.6) is 0 Å². The van der Waals surface area contributed by atoms with Crippen LogP contribution in [0.3, 0.4) is 0 Å². The first-order valence-electron chi connectivity index (χ1n) is 4.72. The SMILES string of the molecule is CC(Sc1cc(F)ccc1N)C(=O)NC(N)=O. The Morgan fingerprint density at radius 3 is 2.71 bits per heavy atom. The van der Waals surface area contributed by atoms with Gasteiger partial charge in [-0.1, -0.05) is 0 Å². The summed E-state index contributed by atoms with van der Waals surface area (Å²) in [4.78, 5) is 22.3. The van der Waals surface area contributed by atoms with Gasteiger partial charge in [-0.3, -0.25) is 10.1 Å². The van der Waals surface area contributed by atoms with Crippen molar-refractivity contribution in [3.8, 4) is 0 Å². The summed E-state index contributed by atoms with van der Waals surface area (Å²) in [6.45, 7) is 1.56. The van der Waals surface area contributed by atoms with Gasteiger partial charge in [0.2, 0.25) is 5.91 Å². The number of thioether (sulfide) groups is 1. The number of nitrogens with two attached hydrogens (primary N) is 2. The number of halogens is 1. The molecule has 0 heterocycles. The van der Waals surface area contributed by atoms with Gasteiger partial charge < -0.3 is 11.5 Å². The van der Waals surface area contributed by atoms with Crippen molar-refractivity contribution >= 4 is 29.4 Å². The van der Waals surface area contributed by atoms with Crippen LogP contribution in [0.25, 0.3) is 0 Å². The van der Waals surface area contributed by atoms with Crippen molar-refractivity contribution in [2.75, 3.05) is 5.73 Å². The first-order valence-corrected chi connectivity index (χ1v) is 5.60. The van der Waals surface area contributed by atoms with E-state index in [2.05, 4.69) is 0 Å². The van der Waals surface area contributed by atoms with E-state index in [1.165, 1.54) is 18.2 Å². The highest BCUT2D eigenvalue weighted by Gasteiger charge is 2.17. The second-order valence-corrected chi connectivity index (χ2v) is 4.68. The molecular weight excluding hydrogens is 245 g/mol. The van der Waals surface area contributed by atoms with E-state index in [0.29, 0.717) is 10.6 Å². The Bertz CT molecular complexity index is 453. The Balaban J connectivity index is 2.73. The second-order valence-electron chi connectivity index (χ2n) is 3.30. The number of urea groups is 1. The average Bonchev–Trinajstić information content (AvgIpc) is 2.22. The average molecular weight is 257 g/mol. The third-order valence-corrected chi connectivity index (χ3v) is 3.07. The van der Waals surface area contributed by atoms with E-state index in [9.17, 15) is 14.0 Å². The summed E-state index contributed by atoms with van der Waals surface area (Å²) in [6, 6.07) is 2.95. The zero-order valence-electron chi connectivity index (χ0n) is 9.07. The number of nitrogen functional groups attached to an aromatic ring is 1. The molecule has 0 radical (unpaired) electrons. The van der Waals surface area contributed by atoms with Crippen LogP contribution in [0.15, 0.2) is 23.1 Å². The molecule has 0 bridgehead atoms. The van der Waals surface area contributed by atoms with Crippen LogP contribution in [-0.4, -0.2) is 17.2 Å². The predicted octanol–water partition coefficient (Wildman–Crippen LogP) is 1.08. The van der Waals surface area contributed by atoms with Crippen molar-refractivity contribution < 1.29 is 14.0 Å². The zero-order valence-corrected chi connectivity index (χ0v) is 9.88. The Hall–Kier alpha value is -1.76. The minimum Gasteiger partial charge on any atom is -0.398 e. The summed E-state index contributed by atoms with van der Waals surface area (Å²) in [6.07, 6.45) is 0. The molecule has 0 aromatic heterocycles. The molecule has 1 aromatic rings. The number of anilines is 1. The van der Waals surface area contributed by atoms with Gasteiger partial charge >= 0.3 is 6.03 Å². The van der Waals surface area contributed by atoms with E-state index in [-0.39, 0.29) is 0 Å². The molecule has 7 heteroatoms. The summed E-state index contributed by atoms with van der Waals surface area (Å²) in [5.74, 6) is -0.990. The first-order chi connectivity index (χ1) is 7.90. The number of primary amides is 1. The van der Waals surface area contributed by atoms with Gasteiger partial charge in [-0.25, -0.2) is 9.18 Å². The van der Waals surface area contributed by atoms with Crippen molar-refractivity contribution in [3.05, 3.63) is 24.0 Å². The highest BCUT2D eigenvalue weighted by atomic mass is 32.2. The van der Waals surface area contributed by atoms with Gasteiger partial charge in [0.1, 0.15) is 5.82 Å². The topological polar surface area (TPSA) is 98.2 Å². The van der Waals surface area contributed by atoms with Crippen LogP contribution in [0.1, 0.15) is 6.92 Å². The van der Waals surface area contributed by atoms with Crippen LogP contribution in [0.2, 0.25) is 0 Å². The Kier molecular flexibility index (Phi) is 4.33. The van der Waals surface area contributed by atoms with E-state index in [1.54, 1.807) is 6.92 Å². The van der Waals surface area contributed by atoms with E-state index >= 15 is 0 Å². The van der Waals surface area contributed by atoms with Crippen LogP contribution < -0.4 is 16.8 Å². The molecule has 5 nitrogen and oxygen atoms in total. The standard InChI is InChI=1S/C10H12FN3O2S/c1-5(9(15)14-10(13)16)17-8-4-6(11)2-3-7(8)12/h2-5H,12H2,1H3,(H3,13,14,15,16). The molecule has 1 atom stereocenters. The lowest BCUT2D eigenvalue weighted by Crippen LogP contribution is -2.39. The maximum atomic E-state index is 13.0. The molecule has 0 saturated carbocycles. The number of imide groups is 1. The quantitative estimate of drug-likeness (QED) is 0.557. The number of carbonyl (C=O) groups is 2. The normalized spacial score (nSPS) is 11.9. The van der Waals surface area contributed by atoms with Crippen LogP contribution in [0.4, 0.5) is 14.9 Å². The summed E-state index contributed by atoms with van der Waals surface area (Å²) >= 11 is 1.05. The molecular formula is C10H12FN3O2S. The van der Waals surface area contributed by atoms with Gasteiger partial charge in [0.25, 0.3) is 0 Å². The van der Waals surface area contributed by atoms with Crippen LogP contribution >= 0.6 is 11.8 Å². The molecule has 0 aliphatic carbocycles. The minimum atomic E-state index is -0.922. The van der Waals surface area contributed by atoms with Crippen molar-refractivity contribution in [1.82, 2.24) is 5.32 Å². The summed E-state index contributed by atoms with van der Waals surface area (Å²) in [5, 5.41) is 1.34. The first kappa shape index (κ1) is 13.3. The molecule has 5 N–H and O–H groups in total. The fourth-order valence-corrected chi connectivity index (χ4v) is 2.01. The maximum absolute atomic E-state index is 13.0. The highest BCUT2D eigenvalue weighted by Crippen LogP contribution is 2.29. The van der Waals surface area contributed by atoms with Crippen molar-refractivity contribution in [3.63, 3.8) is 0 Å². The van der Waals surface area contributed by atoms with Gasteiger partial charge in [-0.2, -0.15) is 0 Å². The Morgan fingerprint density at radius 2 is 2.12 bits per heavy atom. The largest absolute Gasteiger partial charge is 0.398 e. The summed E-state index contributed by atoms with van der Waals surface area (Å²) in [7, 11) is 0. The van der Waals surface area contributed by atoms with Crippen molar-refractivity contribution in [2.24, 2.45) is 5.73 Å². The molecule has 17 heavy (non-hydrogen) atoms. The fraction of sp³-hybridized carbons (Fsp3) is 0.200. The number of hydrogen-bond acceptors (Lipinski definition) is 4. The van der Waals surface area contributed by atoms with E-state index in [4.69, 9.17) is 11.5 Å². The van der Waals surface area contributed by atoms with Gasteiger partial charge in [0.15, 0.2) is 0 Å². The lowest BCUT2D eigenvalue weighted by atomic mass is 10.3. The smallest absolute Gasteiger partial charge is 0.318 e. The molecule has 0 aliphatic rings. The molecule has 0 fully saturated rings. The molecule has 1 unspecified atom stereocenters. The molecule has 92 valence electrons. The highest BCUT2D eigenvalue weighted by molar-refractivity contribution is 8.00. The number of rotatable bonds is 3. The summed E-state index contributed by atoms with van der Waals surface area (Å²) in [5.41, 5.74) is 10.8. The third kappa shape index (κ3) is 3.95. The lowest BCUT2D eigenvalue weighted by molar-refractivity contribution is -0.119. The zero-order chi connectivity index (χ0) is 13.0. The van der Waals surface area contributed by atoms with Crippen LogP contribution in [-0.2, 0) is 4.79 Å². The number of hydrogen-bond donors (Lipinski definition) is 3. The Morgan fingerprint density at radius 1 is 1.47 bits per heavy atom. The molecule has 0 spiro atoms. The van der Waals surface area contributed by atoms with Crippen LogP contribution in [0, 0.1) is 5.82 Å². The number of amides is 3. The number of nitrogens with one attached hydrogen (secondary N) is 1. The van der Waals surface area contributed by atoms with E-state index < -0.39 is 23.0 Å². The fourth-order valence-electron chi connectivity index (χ4n) is 1.08. The summed E-state index contributed by atoms with van der Waals surface area (Å²) < 4.78 is 13.0. The second kappa shape index (κ2) is 5.53. The minimum absolute atomic E-state index is 0.370. The molecule has 1 aromatic carbocycles. The number of benzene rings is 1. The number of carbonyl (C=O) groups excluding carboxylic acids is 2. The predicted molar refractivity (Wildman–Crippen MR) is 63.9 cm³/mol. The van der Waals surface area contributed by atoms with Gasteiger partial charge in [-0.15, -0.1) is 11.8 Å². The molecule has 0 aliphatic heterocycles. The Labute approximate surface area is 102 Å². The molecule has 1 rings (SSSR count). The van der Waals surface area contributed by atoms with Gasteiger partial charge in [0, 0.05) is 10.6 Å². The third-order valence-electron chi connectivity index (χ3n) is 1.89. The molecule has 0 saturated heterocycles. The van der Waals surface area contributed by atoms with Gasteiger partial charge in [0.05, 0.1) is 5.25 Å². The molecule has 3 amide bonds. The monoisotopic (exact) mass is 257 g/mol. The lowest BCUT2D eigenvalue weighted by Gasteiger charge is -2.11. The van der Waals surface area contributed by atoms with E-state index in [1.807, 2.05) is 5.32 Å². The van der Waals surface area contributed by atoms with E-state index in [0.717, 1.165) is 11.8 Å².